The molecule has 0 aliphatic carbocycles. The minimum absolute atomic E-state index is 0.126. The second-order valence-corrected chi connectivity index (χ2v) is 4.87. The van der Waals surface area contributed by atoms with Crippen molar-refractivity contribution in [3.8, 4) is 0 Å². The number of fused-ring (bicyclic) bond motifs is 1. The summed E-state index contributed by atoms with van der Waals surface area (Å²) >= 11 is 5.05. The summed E-state index contributed by atoms with van der Waals surface area (Å²) in [6.07, 6.45) is 0.402. The molecule has 0 unspecified atom stereocenters. The Labute approximate surface area is 123 Å². The van der Waals surface area contributed by atoms with Gasteiger partial charge in [-0.15, -0.1) is 0 Å². The second-order valence-electron chi connectivity index (χ2n) is 4.48. The number of carbonyl (C=O) groups excluding carboxylic acids is 1. The normalized spacial score (nSPS) is 10.9. The molecule has 0 radical (unpaired) electrons. The molecule has 3 rings (SSSR count). The number of nitrogens with two attached hydrogens (primary N) is 1. The lowest BCUT2D eigenvalue weighted by atomic mass is 10.1. The van der Waals surface area contributed by atoms with Crippen molar-refractivity contribution >= 4 is 23.8 Å². The quantitative estimate of drug-likeness (QED) is 0.719. The van der Waals surface area contributed by atoms with Gasteiger partial charge in [0.2, 0.25) is 4.77 Å². The molecule has 0 atom stereocenters. The Kier molecular flexibility index (Phi) is 3.22. The first-order chi connectivity index (χ1) is 10.0. The molecule has 1 aromatic carbocycles. The molecular weight excluding hydrogens is 293 g/mol. The van der Waals surface area contributed by atoms with Crippen LogP contribution in [0.15, 0.2) is 30.3 Å². The number of nitrogens with zero attached hydrogens (tertiary/aromatic N) is 3. The number of hydrogen-bond acceptors (Lipinski definition) is 4. The van der Waals surface area contributed by atoms with Gasteiger partial charge in [0.15, 0.2) is 5.65 Å². The highest BCUT2D eigenvalue weighted by Gasteiger charge is 2.09. The van der Waals surface area contributed by atoms with Gasteiger partial charge in [0.25, 0.3) is 5.91 Å². The summed E-state index contributed by atoms with van der Waals surface area (Å²) in [6.45, 7) is 0. The number of benzene rings is 1. The van der Waals surface area contributed by atoms with Gasteiger partial charge in [0, 0.05) is 6.42 Å². The third-order valence-corrected chi connectivity index (χ3v) is 3.28. The van der Waals surface area contributed by atoms with E-state index in [1.54, 1.807) is 18.2 Å². The molecule has 0 saturated carbocycles. The Morgan fingerprint density at radius 3 is 2.90 bits per heavy atom. The molecule has 2 aromatic heterocycles. The minimum atomic E-state index is -0.789. The molecule has 0 aliphatic heterocycles. The van der Waals surface area contributed by atoms with E-state index in [0.29, 0.717) is 28.1 Å². The van der Waals surface area contributed by atoms with Crippen LogP contribution in [0, 0.1) is 10.6 Å². The maximum Gasteiger partial charge on any atom is 0.251 e. The Bertz CT molecular complexity index is 901. The zero-order valence-electron chi connectivity index (χ0n) is 10.7. The van der Waals surface area contributed by atoms with Crippen molar-refractivity contribution in [2.75, 3.05) is 0 Å². The Morgan fingerprint density at radius 2 is 2.19 bits per heavy atom. The van der Waals surface area contributed by atoms with Gasteiger partial charge in [-0.2, -0.15) is 14.7 Å². The lowest BCUT2D eigenvalue weighted by molar-refractivity contribution is 0.0996. The van der Waals surface area contributed by atoms with Gasteiger partial charge in [0.05, 0.1) is 11.3 Å². The number of aromatic nitrogens is 4. The molecule has 3 aromatic rings. The van der Waals surface area contributed by atoms with E-state index in [1.165, 1.54) is 16.6 Å². The summed E-state index contributed by atoms with van der Waals surface area (Å²) in [4.78, 5) is 11.0. The number of halogens is 1. The first kappa shape index (κ1) is 13.4. The highest BCUT2D eigenvalue weighted by Crippen LogP contribution is 2.13. The molecule has 3 N–H and O–H groups in total. The largest absolute Gasteiger partial charge is 0.366 e. The molecule has 0 fully saturated rings. The third kappa shape index (κ3) is 2.52. The maximum absolute atomic E-state index is 13.7. The van der Waals surface area contributed by atoms with Gasteiger partial charge in [-0.05, 0) is 42.0 Å². The van der Waals surface area contributed by atoms with E-state index in [2.05, 4.69) is 15.3 Å². The van der Waals surface area contributed by atoms with E-state index in [4.69, 9.17) is 18.0 Å². The number of primary amides is 1. The molecule has 106 valence electrons. The van der Waals surface area contributed by atoms with Crippen LogP contribution in [0.3, 0.4) is 0 Å². The molecule has 0 spiro atoms. The summed E-state index contributed by atoms with van der Waals surface area (Å²) in [7, 11) is 0. The van der Waals surface area contributed by atoms with E-state index in [9.17, 15) is 9.18 Å². The zero-order chi connectivity index (χ0) is 15.0. The maximum atomic E-state index is 13.7. The van der Waals surface area contributed by atoms with E-state index < -0.39 is 11.7 Å². The first-order valence-electron chi connectivity index (χ1n) is 6.06. The van der Waals surface area contributed by atoms with Gasteiger partial charge in [0.1, 0.15) is 5.82 Å². The van der Waals surface area contributed by atoms with Crippen LogP contribution in [0.4, 0.5) is 4.39 Å². The Balaban J connectivity index is 1.94. The van der Waals surface area contributed by atoms with Crippen LogP contribution in [0.2, 0.25) is 0 Å². The fraction of sp³-hybridized carbons (Fsp3) is 0.0769. The van der Waals surface area contributed by atoms with Crippen LogP contribution in [-0.4, -0.2) is 25.7 Å². The van der Waals surface area contributed by atoms with Crippen LogP contribution < -0.4 is 5.73 Å². The van der Waals surface area contributed by atoms with Crippen molar-refractivity contribution in [2.45, 2.75) is 6.42 Å². The molecule has 1 amide bonds. The molecule has 2 heterocycles. The number of nitrogens with one attached hydrogen (secondary N) is 1. The number of H-pyrrole nitrogens is 1. The fourth-order valence-electron chi connectivity index (χ4n) is 2.01. The second kappa shape index (κ2) is 5.06. The van der Waals surface area contributed by atoms with Gasteiger partial charge in [-0.25, -0.2) is 9.49 Å². The molecule has 6 nitrogen and oxygen atoms in total. The third-order valence-electron chi connectivity index (χ3n) is 3.01. The van der Waals surface area contributed by atoms with Crippen LogP contribution in [0.25, 0.3) is 5.65 Å². The molecule has 8 heteroatoms. The van der Waals surface area contributed by atoms with E-state index in [-0.39, 0.29) is 5.56 Å². The van der Waals surface area contributed by atoms with Crippen LogP contribution in [0.5, 0.6) is 0 Å². The number of carbonyl (C=O) groups is 1. The van der Waals surface area contributed by atoms with Crippen LogP contribution in [-0.2, 0) is 6.42 Å². The summed E-state index contributed by atoms with van der Waals surface area (Å²) in [5, 5.41) is 10.9. The number of hydrogen-bond donors (Lipinski definition) is 2. The van der Waals surface area contributed by atoms with E-state index in [1.807, 2.05) is 0 Å². The lowest BCUT2D eigenvalue weighted by Crippen LogP contribution is -2.13. The van der Waals surface area contributed by atoms with Crippen molar-refractivity contribution in [2.24, 2.45) is 5.73 Å². The fourth-order valence-corrected chi connectivity index (χ4v) is 2.19. The van der Waals surface area contributed by atoms with Gasteiger partial charge >= 0.3 is 0 Å². The van der Waals surface area contributed by atoms with Crippen LogP contribution >= 0.6 is 12.2 Å². The predicted octanol–water partition coefficient (Wildman–Crippen LogP) is 1.62. The topological polar surface area (TPSA) is 89.1 Å². The number of rotatable bonds is 3. The van der Waals surface area contributed by atoms with E-state index in [0.717, 1.165) is 0 Å². The monoisotopic (exact) mass is 303 g/mol. The van der Waals surface area contributed by atoms with Crippen molar-refractivity contribution in [1.29, 1.82) is 0 Å². The van der Waals surface area contributed by atoms with Gasteiger partial charge in [-0.3, -0.25) is 4.79 Å². The van der Waals surface area contributed by atoms with E-state index >= 15 is 0 Å². The summed E-state index contributed by atoms with van der Waals surface area (Å²) < 4.78 is 15.6. The number of aromatic amines is 1. The standard InChI is InChI=1S/C13H10FN5OS/c14-10-6-7(1-3-9(10)12(15)20)5-8-2-4-11-16-17-13(21)19(11)18-8/h1-4,6H,5H2,(H2,15,20)(H,17,21). The van der Waals surface area contributed by atoms with Crippen molar-refractivity contribution < 1.29 is 9.18 Å². The Hall–Kier alpha value is -2.61. The first-order valence-corrected chi connectivity index (χ1v) is 6.47. The zero-order valence-corrected chi connectivity index (χ0v) is 11.5. The molecule has 21 heavy (non-hydrogen) atoms. The van der Waals surface area contributed by atoms with Crippen molar-refractivity contribution in [3.63, 3.8) is 0 Å². The highest BCUT2D eigenvalue weighted by atomic mass is 32.1. The van der Waals surface area contributed by atoms with Crippen molar-refractivity contribution in [1.82, 2.24) is 19.8 Å². The average Bonchev–Trinajstić information content (AvgIpc) is 2.80. The molecule has 0 bridgehead atoms. The average molecular weight is 303 g/mol. The van der Waals surface area contributed by atoms with Crippen LogP contribution in [0.1, 0.15) is 21.6 Å². The Morgan fingerprint density at radius 1 is 1.38 bits per heavy atom. The molecular formula is C13H10FN5OS. The minimum Gasteiger partial charge on any atom is -0.366 e. The summed E-state index contributed by atoms with van der Waals surface area (Å²) in [5.74, 6) is -1.43. The predicted molar refractivity (Wildman–Crippen MR) is 75.9 cm³/mol. The van der Waals surface area contributed by atoms with Gasteiger partial charge < -0.3 is 5.73 Å². The SMILES string of the molecule is NC(=O)c1ccc(Cc2ccc3n[nH]c(=S)n3n2)cc1F. The lowest BCUT2D eigenvalue weighted by Gasteiger charge is -2.04. The summed E-state index contributed by atoms with van der Waals surface area (Å²) in [5.41, 5.74) is 6.93. The summed E-state index contributed by atoms with van der Waals surface area (Å²) in [6, 6.07) is 7.84. The smallest absolute Gasteiger partial charge is 0.251 e. The van der Waals surface area contributed by atoms with Gasteiger partial charge in [-0.1, -0.05) is 6.07 Å². The molecule has 0 aliphatic rings. The highest BCUT2D eigenvalue weighted by molar-refractivity contribution is 7.71. The van der Waals surface area contributed by atoms with Crippen molar-refractivity contribution in [3.05, 3.63) is 57.7 Å². The molecule has 0 saturated heterocycles. The number of amides is 1.